The largest absolute Gasteiger partial charge is 0.418 e. The van der Waals surface area contributed by atoms with Crippen LogP contribution < -0.4 is 10.2 Å². The first kappa shape index (κ1) is 22.6. The molecule has 0 N–H and O–H groups in total. The van der Waals surface area contributed by atoms with Gasteiger partial charge in [-0.05, 0) is 40.7 Å². The second-order valence-corrected chi connectivity index (χ2v) is 9.52. The third-order valence-corrected chi connectivity index (χ3v) is 7.00. The van der Waals surface area contributed by atoms with Crippen molar-refractivity contribution in [2.45, 2.75) is 25.4 Å². The number of nitrogens with zero attached hydrogens (tertiary/aromatic N) is 1. The van der Waals surface area contributed by atoms with Crippen molar-refractivity contribution < 1.29 is 17.6 Å². The van der Waals surface area contributed by atoms with E-state index in [1.54, 1.807) is 23.1 Å². The van der Waals surface area contributed by atoms with Crippen LogP contribution in [0.5, 0.6) is 0 Å². The van der Waals surface area contributed by atoms with Gasteiger partial charge in [0.2, 0.25) is 0 Å². The van der Waals surface area contributed by atoms with E-state index in [4.69, 9.17) is 0 Å². The Morgan fingerprint density at radius 1 is 0.735 bits per heavy atom. The van der Waals surface area contributed by atoms with E-state index in [1.807, 2.05) is 48.5 Å². The summed E-state index contributed by atoms with van der Waals surface area (Å²) >= 11 is 0. The van der Waals surface area contributed by atoms with Gasteiger partial charge >= 0.3 is 6.18 Å². The normalized spacial score (nSPS) is 14.5. The highest BCUT2D eigenvalue weighted by Crippen LogP contribution is 2.55. The van der Waals surface area contributed by atoms with Crippen LogP contribution >= 0.6 is 9.24 Å². The number of alkyl halides is 3. The van der Waals surface area contributed by atoms with Crippen LogP contribution in [0, 0.1) is 5.82 Å². The minimum atomic E-state index is -4.64. The molecule has 0 spiro atoms. The zero-order valence-electron chi connectivity index (χ0n) is 18.6. The van der Waals surface area contributed by atoms with Gasteiger partial charge in [0.1, 0.15) is 5.82 Å². The Morgan fingerprint density at radius 3 is 1.85 bits per heavy atom. The van der Waals surface area contributed by atoms with Gasteiger partial charge in [-0.15, -0.1) is 9.24 Å². The summed E-state index contributed by atoms with van der Waals surface area (Å²) in [5.41, 5.74) is 2.07. The minimum absolute atomic E-state index is 0.0841. The molecule has 0 saturated carbocycles. The van der Waals surface area contributed by atoms with Crippen molar-refractivity contribution in [3.63, 3.8) is 0 Å². The summed E-state index contributed by atoms with van der Waals surface area (Å²) in [5.74, 6) is -0.577. The Balaban J connectivity index is 1.94. The van der Waals surface area contributed by atoms with Crippen LogP contribution in [0.2, 0.25) is 0 Å². The molecule has 4 aromatic carbocycles. The summed E-state index contributed by atoms with van der Waals surface area (Å²) in [7, 11) is 2.44. The van der Waals surface area contributed by atoms with Crippen molar-refractivity contribution in [3.05, 3.63) is 107 Å². The predicted molar refractivity (Wildman–Crippen MR) is 133 cm³/mol. The Kier molecular flexibility index (Phi) is 5.29. The fourth-order valence-corrected chi connectivity index (χ4v) is 5.35. The van der Waals surface area contributed by atoms with Crippen molar-refractivity contribution in [1.29, 1.82) is 0 Å². The van der Waals surface area contributed by atoms with Crippen LogP contribution in [-0.4, -0.2) is 0 Å². The molecule has 0 saturated heterocycles. The quantitative estimate of drug-likeness (QED) is 0.207. The van der Waals surface area contributed by atoms with Crippen molar-refractivity contribution in [2.75, 3.05) is 4.90 Å². The monoisotopic (exact) mass is 479 g/mol. The van der Waals surface area contributed by atoms with Crippen LogP contribution in [-0.2, 0) is 11.6 Å². The first-order chi connectivity index (χ1) is 16.1. The van der Waals surface area contributed by atoms with Gasteiger partial charge < -0.3 is 4.90 Å². The molecule has 1 unspecified atom stereocenters. The SMILES string of the molecule is CC1(C)c2ccccc2N(c2c(-c3c(F)cccc3P)cccc2C(F)(F)F)c2ccccc21. The average molecular weight is 479 g/mol. The van der Waals surface area contributed by atoms with Gasteiger partial charge in [-0.3, -0.25) is 0 Å². The van der Waals surface area contributed by atoms with E-state index in [1.165, 1.54) is 12.1 Å². The minimum Gasteiger partial charge on any atom is -0.309 e. The first-order valence-corrected chi connectivity index (χ1v) is 11.4. The molecule has 1 aliphatic rings. The molecular weight excluding hydrogens is 457 g/mol. The second-order valence-electron chi connectivity index (χ2n) is 8.90. The summed E-state index contributed by atoms with van der Waals surface area (Å²) in [6.07, 6.45) is -4.64. The Morgan fingerprint density at radius 2 is 1.29 bits per heavy atom. The molecular formula is C28H22F4NP. The maximum absolute atomic E-state index is 15.1. The Hall–Kier alpha value is -3.17. The molecule has 1 aliphatic heterocycles. The number of benzene rings is 4. The number of anilines is 3. The highest BCUT2D eigenvalue weighted by atomic mass is 31.0. The van der Waals surface area contributed by atoms with Gasteiger partial charge in [0.25, 0.3) is 0 Å². The highest BCUT2D eigenvalue weighted by molar-refractivity contribution is 7.28. The van der Waals surface area contributed by atoms with Crippen LogP contribution in [0.4, 0.5) is 34.6 Å². The molecule has 0 aromatic heterocycles. The van der Waals surface area contributed by atoms with Crippen LogP contribution in [0.1, 0.15) is 30.5 Å². The number of para-hydroxylation sites is 3. The van der Waals surface area contributed by atoms with E-state index in [2.05, 4.69) is 23.1 Å². The number of rotatable bonds is 2. The van der Waals surface area contributed by atoms with Crippen molar-refractivity contribution in [1.82, 2.24) is 0 Å². The molecule has 0 bridgehead atoms. The average Bonchev–Trinajstić information content (AvgIpc) is 2.79. The third kappa shape index (κ3) is 3.42. The standard InChI is InChI=1S/C28H22F4NP/c1-27(2)18-10-3-5-14-22(18)33(23-15-6-4-11-19(23)27)26-17(9-7-12-20(26)28(30,31)32)25-21(29)13-8-16-24(25)34/h3-16H,34H2,1-2H3. The van der Waals surface area contributed by atoms with E-state index in [-0.39, 0.29) is 16.8 Å². The molecule has 0 fully saturated rings. The number of hydrogen-bond donors (Lipinski definition) is 0. The Bertz CT molecular complexity index is 1340. The molecule has 0 radical (unpaired) electrons. The number of halogens is 4. The molecule has 5 rings (SSSR count). The summed E-state index contributed by atoms with van der Waals surface area (Å²) < 4.78 is 58.5. The van der Waals surface area contributed by atoms with Gasteiger partial charge in [0.15, 0.2) is 0 Å². The topological polar surface area (TPSA) is 3.24 Å². The highest BCUT2D eigenvalue weighted by Gasteiger charge is 2.42. The summed E-state index contributed by atoms with van der Waals surface area (Å²) in [6, 6.07) is 23.4. The van der Waals surface area contributed by atoms with Gasteiger partial charge in [-0.2, -0.15) is 13.2 Å². The van der Waals surface area contributed by atoms with Crippen LogP contribution in [0.3, 0.4) is 0 Å². The molecule has 1 nitrogen and oxygen atoms in total. The van der Waals surface area contributed by atoms with Crippen molar-refractivity contribution >= 4 is 31.6 Å². The smallest absolute Gasteiger partial charge is 0.309 e. The molecule has 1 atom stereocenters. The van der Waals surface area contributed by atoms with E-state index in [9.17, 15) is 13.2 Å². The van der Waals surface area contributed by atoms with Crippen molar-refractivity contribution in [3.8, 4) is 11.1 Å². The lowest BCUT2D eigenvalue weighted by atomic mass is 9.73. The molecule has 34 heavy (non-hydrogen) atoms. The second kappa shape index (κ2) is 7.95. The van der Waals surface area contributed by atoms with Crippen LogP contribution in [0.15, 0.2) is 84.9 Å². The number of fused-ring (bicyclic) bond motifs is 2. The molecule has 172 valence electrons. The fourth-order valence-electron chi connectivity index (χ4n) is 4.95. The van der Waals surface area contributed by atoms with E-state index < -0.39 is 23.0 Å². The van der Waals surface area contributed by atoms with Gasteiger partial charge in [-0.25, -0.2) is 4.39 Å². The lowest BCUT2D eigenvalue weighted by Crippen LogP contribution is -2.31. The summed E-state index contributed by atoms with van der Waals surface area (Å²) in [5, 5.41) is 0.486. The Labute approximate surface area is 198 Å². The molecule has 6 heteroatoms. The van der Waals surface area contributed by atoms with E-state index in [0.29, 0.717) is 16.7 Å². The zero-order valence-corrected chi connectivity index (χ0v) is 19.8. The van der Waals surface area contributed by atoms with E-state index in [0.717, 1.165) is 17.2 Å². The molecule has 0 amide bonds. The molecule has 4 aromatic rings. The summed E-state index contributed by atoms with van der Waals surface area (Å²) in [6.45, 7) is 4.13. The van der Waals surface area contributed by atoms with Crippen LogP contribution in [0.25, 0.3) is 11.1 Å². The van der Waals surface area contributed by atoms with Crippen molar-refractivity contribution in [2.24, 2.45) is 0 Å². The zero-order chi connectivity index (χ0) is 24.3. The van der Waals surface area contributed by atoms with Gasteiger partial charge in [0.05, 0.1) is 22.6 Å². The lowest BCUT2D eigenvalue weighted by Gasteiger charge is -2.43. The van der Waals surface area contributed by atoms with Gasteiger partial charge in [0, 0.05) is 16.5 Å². The summed E-state index contributed by atoms with van der Waals surface area (Å²) in [4.78, 5) is 1.64. The first-order valence-electron chi connectivity index (χ1n) is 10.9. The lowest BCUT2D eigenvalue weighted by molar-refractivity contribution is -0.137. The van der Waals surface area contributed by atoms with Gasteiger partial charge in [-0.1, -0.05) is 74.5 Å². The molecule has 1 heterocycles. The third-order valence-electron chi connectivity index (χ3n) is 6.52. The predicted octanol–water partition coefficient (Wildman–Crippen LogP) is 8.12. The maximum atomic E-state index is 15.1. The fraction of sp³-hybridized carbons (Fsp3) is 0.143. The number of hydrogen-bond acceptors (Lipinski definition) is 1. The van der Waals surface area contributed by atoms with E-state index >= 15 is 4.39 Å². The molecule has 0 aliphatic carbocycles. The maximum Gasteiger partial charge on any atom is 0.418 e.